The van der Waals surface area contributed by atoms with Crippen LogP contribution in [0.2, 0.25) is 5.02 Å². The third-order valence-corrected chi connectivity index (χ3v) is 5.90. The van der Waals surface area contributed by atoms with Crippen molar-refractivity contribution in [1.82, 2.24) is 19.7 Å². The van der Waals surface area contributed by atoms with Crippen LogP contribution in [0.15, 0.2) is 71.9 Å². The van der Waals surface area contributed by atoms with Gasteiger partial charge in [-0.15, -0.1) is 11.8 Å². The molecule has 0 bridgehead atoms. The van der Waals surface area contributed by atoms with Gasteiger partial charge < -0.3 is 5.32 Å². The van der Waals surface area contributed by atoms with Crippen molar-refractivity contribution in [2.24, 2.45) is 0 Å². The van der Waals surface area contributed by atoms with Gasteiger partial charge in [-0.1, -0.05) is 17.7 Å². The predicted molar refractivity (Wildman–Crippen MR) is 124 cm³/mol. The minimum absolute atomic E-state index is 0.154. The van der Waals surface area contributed by atoms with Crippen LogP contribution in [0.5, 0.6) is 0 Å². The molecule has 0 unspecified atom stereocenters. The maximum Gasteiger partial charge on any atom is 0.275 e. The van der Waals surface area contributed by atoms with Gasteiger partial charge in [-0.05, 0) is 67.9 Å². The SMILES string of the molecule is Cc1cc(C)n(-c2ccc(Cl)c(C(=O)Nc3ccc(SCc4cccnc4)cc3)n2)n1. The van der Waals surface area contributed by atoms with Gasteiger partial charge in [0.2, 0.25) is 0 Å². The van der Waals surface area contributed by atoms with E-state index in [0.717, 1.165) is 27.6 Å². The molecule has 31 heavy (non-hydrogen) atoms. The van der Waals surface area contributed by atoms with Crippen LogP contribution in [0, 0.1) is 13.8 Å². The fourth-order valence-electron chi connectivity index (χ4n) is 3.04. The van der Waals surface area contributed by atoms with E-state index in [1.807, 2.05) is 62.5 Å². The number of rotatable bonds is 6. The van der Waals surface area contributed by atoms with E-state index in [-0.39, 0.29) is 16.6 Å². The summed E-state index contributed by atoms with van der Waals surface area (Å²) < 4.78 is 1.69. The Morgan fingerprint density at radius 3 is 2.61 bits per heavy atom. The second kappa shape index (κ2) is 9.32. The second-order valence-electron chi connectivity index (χ2n) is 6.97. The molecular formula is C23H20ClN5OS. The topological polar surface area (TPSA) is 72.7 Å². The molecule has 3 heterocycles. The maximum absolute atomic E-state index is 12.8. The summed E-state index contributed by atoms with van der Waals surface area (Å²) in [5.41, 5.74) is 3.79. The van der Waals surface area contributed by atoms with Gasteiger partial charge in [-0.25, -0.2) is 9.67 Å². The first-order chi connectivity index (χ1) is 15.0. The largest absolute Gasteiger partial charge is 0.321 e. The van der Waals surface area contributed by atoms with Gasteiger partial charge in [0.05, 0.1) is 10.7 Å². The van der Waals surface area contributed by atoms with Crippen LogP contribution in [0.3, 0.4) is 0 Å². The number of aromatic nitrogens is 4. The van der Waals surface area contributed by atoms with Gasteiger partial charge in [-0.3, -0.25) is 9.78 Å². The highest BCUT2D eigenvalue weighted by Crippen LogP contribution is 2.25. The van der Waals surface area contributed by atoms with E-state index >= 15 is 0 Å². The molecule has 0 aliphatic heterocycles. The zero-order valence-corrected chi connectivity index (χ0v) is 18.6. The Balaban J connectivity index is 1.45. The van der Waals surface area contributed by atoms with Crippen molar-refractivity contribution < 1.29 is 4.79 Å². The minimum Gasteiger partial charge on any atom is -0.321 e. The molecule has 3 aromatic heterocycles. The molecule has 1 aromatic carbocycles. The van der Waals surface area contributed by atoms with Crippen LogP contribution in [0.25, 0.3) is 5.82 Å². The summed E-state index contributed by atoms with van der Waals surface area (Å²) >= 11 is 7.96. The molecule has 0 fully saturated rings. The number of benzene rings is 1. The summed E-state index contributed by atoms with van der Waals surface area (Å²) in [6.07, 6.45) is 3.62. The highest BCUT2D eigenvalue weighted by atomic mass is 35.5. The van der Waals surface area contributed by atoms with Crippen LogP contribution in [0.1, 0.15) is 27.4 Å². The molecule has 4 rings (SSSR count). The van der Waals surface area contributed by atoms with E-state index in [9.17, 15) is 4.79 Å². The van der Waals surface area contributed by atoms with E-state index in [0.29, 0.717) is 11.5 Å². The van der Waals surface area contributed by atoms with Crippen LogP contribution >= 0.6 is 23.4 Å². The molecule has 8 heteroatoms. The van der Waals surface area contributed by atoms with Gasteiger partial charge >= 0.3 is 0 Å². The number of aryl methyl sites for hydroxylation is 2. The lowest BCUT2D eigenvalue weighted by Gasteiger charge is -2.10. The third-order valence-electron chi connectivity index (χ3n) is 4.51. The first kappa shape index (κ1) is 21.1. The van der Waals surface area contributed by atoms with Gasteiger partial charge in [0.1, 0.15) is 5.69 Å². The number of nitrogens with zero attached hydrogens (tertiary/aromatic N) is 4. The molecule has 0 aliphatic rings. The molecule has 0 aliphatic carbocycles. The lowest BCUT2D eigenvalue weighted by atomic mass is 10.3. The molecule has 0 spiro atoms. The molecule has 0 saturated heterocycles. The van der Waals surface area contributed by atoms with Gasteiger partial charge in [0.15, 0.2) is 5.82 Å². The summed E-state index contributed by atoms with van der Waals surface area (Å²) in [5, 5.41) is 7.56. The maximum atomic E-state index is 12.8. The average molecular weight is 450 g/mol. The summed E-state index contributed by atoms with van der Waals surface area (Å²) in [6.45, 7) is 3.84. The quantitative estimate of drug-likeness (QED) is 0.395. The molecule has 0 saturated carbocycles. The number of pyridine rings is 2. The number of hydrogen-bond acceptors (Lipinski definition) is 5. The number of carbonyl (C=O) groups is 1. The van der Waals surface area contributed by atoms with Crippen molar-refractivity contribution in [3.63, 3.8) is 0 Å². The standard InChI is InChI=1S/C23H20ClN5OS/c1-15-12-16(2)29(28-15)21-10-9-20(24)22(27-21)23(30)26-18-5-7-19(8-6-18)31-14-17-4-3-11-25-13-17/h3-13H,14H2,1-2H3,(H,26,30). The molecule has 0 atom stereocenters. The van der Waals surface area contributed by atoms with Crippen molar-refractivity contribution in [3.05, 3.63) is 94.7 Å². The van der Waals surface area contributed by atoms with E-state index in [4.69, 9.17) is 11.6 Å². The summed E-state index contributed by atoms with van der Waals surface area (Å²) in [5.74, 6) is 1.00. The van der Waals surface area contributed by atoms with Crippen molar-refractivity contribution in [2.75, 3.05) is 5.32 Å². The van der Waals surface area contributed by atoms with Crippen molar-refractivity contribution >= 4 is 35.0 Å². The highest BCUT2D eigenvalue weighted by Gasteiger charge is 2.15. The molecule has 6 nitrogen and oxygen atoms in total. The fraction of sp³-hybridized carbons (Fsp3) is 0.130. The Bertz CT molecular complexity index is 1210. The van der Waals surface area contributed by atoms with Gasteiger partial charge in [-0.2, -0.15) is 5.10 Å². The number of carbonyl (C=O) groups excluding carboxylic acids is 1. The summed E-state index contributed by atoms with van der Waals surface area (Å²) in [7, 11) is 0. The average Bonchev–Trinajstić information content (AvgIpc) is 3.12. The van der Waals surface area contributed by atoms with Crippen molar-refractivity contribution in [2.45, 2.75) is 24.5 Å². The number of thioether (sulfide) groups is 1. The second-order valence-corrected chi connectivity index (χ2v) is 8.42. The van der Waals surface area contributed by atoms with Crippen LogP contribution in [-0.4, -0.2) is 25.7 Å². The smallest absolute Gasteiger partial charge is 0.275 e. The normalized spacial score (nSPS) is 10.8. The van der Waals surface area contributed by atoms with E-state index in [2.05, 4.69) is 20.4 Å². The Morgan fingerprint density at radius 1 is 1.13 bits per heavy atom. The molecular weight excluding hydrogens is 430 g/mol. The van der Waals surface area contributed by atoms with Crippen LogP contribution in [-0.2, 0) is 5.75 Å². The number of halogens is 1. The molecule has 0 radical (unpaired) electrons. The zero-order chi connectivity index (χ0) is 21.8. The van der Waals surface area contributed by atoms with Crippen molar-refractivity contribution in [3.8, 4) is 5.82 Å². The van der Waals surface area contributed by atoms with Crippen LogP contribution in [0.4, 0.5) is 5.69 Å². The lowest BCUT2D eigenvalue weighted by Crippen LogP contribution is -2.16. The molecule has 1 N–H and O–H groups in total. The summed E-state index contributed by atoms with van der Waals surface area (Å²) in [4.78, 5) is 22.5. The highest BCUT2D eigenvalue weighted by molar-refractivity contribution is 7.98. The predicted octanol–water partition coefficient (Wildman–Crippen LogP) is 5.48. The number of hydrogen-bond donors (Lipinski definition) is 1. The monoisotopic (exact) mass is 449 g/mol. The Hall–Kier alpha value is -3.16. The zero-order valence-electron chi connectivity index (χ0n) is 17.0. The van der Waals surface area contributed by atoms with E-state index < -0.39 is 0 Å². The number of amides is 1. The van der Waals surface area contributed by atoms with Crippen molar-refractivity contribution in [1.29, 1.82) is 0 Å². The van der Waals surface area contributed by atoms with Gasteiger partial charge in [0.25, 0.3) is 5.91 Å². The van der Waals surface area contributed by atoms with Gasteiger partial charge in [0, 0.05) is 34.4 Å². The fourth-order valence-corrected chi connectivity index (χ4v) is 4.07. The van der Waals surface area contributed by atoms with Crippen LogP contribution < -0.4 is 5.32 Å². The lowest BCUT2D eigenvalue weighted by molar-refractivity contribution is 0.102. The minimum atomic E-state index is -0.371. The first-order valence-corrected chi connectivity index (χ1v) is 11.0. The Morgan fingerprint density at radius 2 is 1.94 bits per heavy atom. The number of anilines is 1. The van der Waals surface area contributed by atoms with E-state index in [1.165, 1.54) is 0 Å². The first-order valence-electron chi connectivity index (χ1n) is 9.63. The molecule has 156 valence electrons. The Kier molecular flexibility index (Phi) is 6.34. The van der Waals surface area contributed by atoms with E-state index in [1.54, 1.807) is 34.8 Å². The number of nitrogens with one attached hydrogen (secondary N) is 1. The molecule has 1 amide bonds. The summed E-state index contributed by atoms with van der Waals surface area (Å²) in [6, 6.07) is 17.0. The molecule has 4 aromatic rings. The third kappa shape index (κ3) is 5.13. The Labute approximate surface area is 189 Å².